The number of nitrogens with one attached hydrogen (secondary N) is 2. The number of ether oxygens (including phenoxy) is 1. The van der Waals surface area contributed by atoms with Crippen LogP contribution in [0.2, 0.25) is 0 Å². The van der Waals surface area contributed by atoms with Crippen molar-refractivity contribution < 1.29 is 9.53 Å². The maximum Gasteiger partial charge on any atom is 0.339 e. The van der Waals surface area contributed by atoms with E-state index in [1.807, 2.05) is 0 Å². The summed E-state index contributed by atoms with van der Waals surface area (Å²) < 4.78 is 5.05. The van der Waals surface area contributed by atoms with E-state index >= 15 is 0 Å². The van der Waals surface area contributed by atoms with Gasteiger partial charge in [-0.2, -0.15) is 5.10 Å². The first-order chi connectivity index (χ1) is 11.6. The molecule has 0 radical (unpaired) electrons. The van der Waals surface area contributed by atoms with Crippen LogP contribution in [0, 0.1) is 0 Å². The number of carbonyl (C=O) groups excluding carboxylic acids is 1. The number of carbonyl (C=O) groups is 1. The third kappa shape index (κ3) is 2.87. The minimum Gasteiger partial charge on any atom is -0.497 e. The van der Waals surface area contributed by atoms with E-state index in [-0.39, 0.29) is 16.1 Å². The van der Waals surface area contributed by atoms with Crippen LogP contribution in [-0.4, -0.2) is 13.1 Å². The van der Waals surface area contributed by atoms with Gasteiger partial charge in [0, 0.05) is 22.5 Å². The summed E-state index contributed by atoms with van der Waals surface area (Å²) in [6.45, 7) is 0. The number of hydrogen-bond acceptors (Lipinski definition) is 5. The number of benzene rings is 2. The average Bonchev–Trinajstić information content (AvgIpc) is 2.84. The molecular formula is C17H13N3O4. The Kier molecular flexibility index (Phi) is 4.07. The highest BCUT2D eigenvalue weighted by molar-refractivity contribution is 5.89. The van der Waals surface area contributed by atoms with Crippen LogP contribution in [0.1, 0.15) is 0 Å². The number of amides is 2. The molecule has 24 heavy (non-hydrogen) atoms. The van der Waals surface area contributed by atoms with Gasteiger partial charge in [-0.1, -0.05) is 30.3 Å². The number of nitrogens with zero attached hydrogens (tertiary/aromatic N) is 1. The van der Waals surface area contributed by atoms with Crippen LogP contribution in [0.4, 0.5) is 10.5 Å². The molecule has 0 aromatic heterocycles. The molecule has 0 unspecified atom stereocenters. The van der Waals surface area contributed by atoms with Crippen molar-refractivity contribution in [3.8, 4) is 5.75 Å². The molecule has 0 aliphatic heterocycles. The minimum absolute atomic E-state index is 0.288. The lowest BCUT2D eigenvalue weighted by molar-refractivity contribution is 0.252. The number of methoxy groups -OCH3 is 1. The van der Waals surface area contributed by atoms with Gasteiger partial charge in [0.25, 0.3) is 0 Å². The van der Waals surface area contributed by atoms with Crippen molar-refractivity contribution in [2.75, 3.05) is 12.4 Å². The SMILES string of the molecule is COc1cccc(NC(=O)NN=c2c(=O)c3ccccc3c2=O)c1. The topological polar surface area (TPSA) is 96.9 Å². The monoisotopic (exact) mass is 323 g/mol. The van der Waals surface area contributed by atoms with Gasteiger partial charge in [0.15, 0.2) is 5.36 Å². The first-order valence-corrected chi connectivity index (χ1v) is 7.07. The van der Waals surface area contributed by atoms with Gasteiger partial charge in [0.2, 0.25) is 10.9 Å². The summed E-state index contributed by atoms with van der Waals surface area (Å²) in [5.74, 6) is 0.579. The van der Waals surface area contributed by atoms with Crippen molar-refractivity contribution in [3.63, 3.8) is 0 Å². The van der Waals surface area contributed by atoms with Crippen molar-refractivity contribution >= 4 is 22.5 Å². The summed E-state index contributed by atoms with van der Waals surface area (Å²) in [5, 5.41) is 6.46. The lowest BCUT2D eigenvalue weighted by Gasteiger charge is -2.05. The maximum absolute atomic E-state index is 12.1. The van der Waals surface area contributed by atoms with E-state index in [1.54, 1.807) is 48.5 Å². The Balaban J connectivity index is 1.84. The zero-order valence-electron chi connectivity index (χ0n) is 12.7. The van der Waals surface area contributed by atoms with Crippen molar-refractivity contribution in [3.05, 3.63) is 74.3 Å². The molecule has 0 aliphatic rings. The van der Waals surface area contributed by atoms with Gasteiger partial charge in [-0.3, -0.25) is 9.59 Å². The second-order valence-corrected chi connectivity index (χ2v) is 4.96. The van der Waals surface area contributed by atoms with Gasteiger partial charge in [-0.15, -0.1) is 0 Å². The highest BCUT2D eigenvalue weighted by Gasteiger charge is 2.10. The second kappa shape index (κ2) is 6.33. The van der Waals surface area contributed by atoms with Crippen molar-refractivity contribution in [1.82, 2.24) is 5.43 Å². The molecule has 0 heterocycles. The summed E-state index contributed by atoms with van der Waals surface area (Å²) in [4.78, 5) is 36.1. The number of anilines is 1. The van der Waals surface area contributed by atoms with Crippen molar-refractivity contribution in [1.29, 1.82) is 0 Å². The molecule has 7 heteroatoms. The number of fused-ring (bicyclic) bond motifs is 1. The van der Waals surface area contributed by atoms with Crippen LogP contribution >= 0.6 is 0 Å². The fourth-order valence-corrected chi connectivity index (χ4v) is 2.31. The van der Waals surface area contributed by atoms with E-state index < -0.39 is 16.9 Å². The summed E-state index contributed by atoms with van der Waals surface area (Å²) in [5.41, 5.74) is 1.64. The molecule has 2 amide bonds. The average molecular weight is 323 g/mol. The van der Waals surface area contributed by atoms with E-state index in [4.69, 9.17) is 4.74 Å². The molecule has 0 aliphatic carbocycles. The zero-order valence-corrected chi connectivity index (χ0v) is 12.7. The molecule has 0 bridgehead atoms. The zero-order chi connectivity index (χ0) is 17.1. The molecule has 0 saturated heterocycles. The quantitative estimate of drug-likeness (QED) is 0.705. The van der Waals surface area contributed by atoms with E-state index in [1.165, 1.54) is 7.11 Å². The lowest BCUT2D eigenvalue weighted by Crippen LogP contribution is -2.36. The molecule has 7 nitrogen and oxygen atoms in total. The van der Waals surface area contributed by atoms with Gasteiger partial charge >= 0.3 is 6.03 Å². The Morgan fingerprint density at radius 2 is 1.67 bits per heavy atom. The summed E-state index contributed by atoms with van der Waals surface area (Å²) in [7, 11) is 1.51. The van der Waals surface area contributed by atoms with Crippen molar-refractivity contribution in [2.24, 2.45) is 5.10 Å². The van der Waals surface area contributed by atoms with Crippen LogP contribution < -0.4 is 31.7 Å². The first-order valence-electron chi connectivity index (χ1n) is 7.07. The first kappa shape index (κ1) is 15.4. The molecular weight excluding hydrogens is 310 g/mol. The molecule has 120 valence electrons. The molecule has 0 saturated carbocycles. The Morgan fingerprint density at radius 1 is 1.00 bits per heavy atom. The van der Waals surface area contributed by atoms with Gasteiger partial charge in [0.05, 0.1) is 7.11 Å². The fourth-order valence-electron chi connectivity index (χ4n) is 2.31. The smallest absolute Gasteiger partial charge is 0.339 e. The summed E-state index contributed by atoms with van der Waals surface area (Å²) in [6, 6.07) is 12.5. The highest BCUT2D eigenvalue weighted by Crippen LogP contribution is 2.16. The van der Waals surface area contributed by atoms with Gasteiger partial charge in [-0.25, -0.2) is 10.2 Å². The van der Waals surface area contributed by atoms with Gasteiger partial charge in [-0.05, 0) is 12.1 Å². The third-order valence-electron chi connectivity index (χ3n) is 3.44. The largest absolute Gasteiger partial charge is 0.497 e. The normalized spacial score (nSPS) is 10.4. The number of hydrogen-bond donors (Lipinski definition) is 2. The second-order valence-electron chi connectivity index (χ2n) is 4.96. The summed E-state index contributed by atoms with van der Waals surface area (Å²) >= 11 is 0. The van der Waals surface area contributed by atoms with Gasteiger partial charge in [0.1, 0.15) is 5.75 Å². The van der Waals surface area contributed by atoms with Crippen LogP contribution in [0.15, 0.2) is 63.2 Å². The standard InChI is InChI=1S/C17H13N3O4/c1-24-11-6-4-5-10(9-11)18-17(23)20-19-14-15(21)12-7-2-3-8-13(12)16(14)22/h2-9H,1H3,(H2,18,20,23). The van der Waals surface area contributed by atoms with E-state index in [0.717, 1.165) is 0 Å². The molecule has 0 atom stereocenters. The van der Waals surface area contributed by atoms with Gasteiger partial charge < -0.3 is 10.1 Å². The molecule has 0 fully saturated rings. The van der Waals surface area contributed by atoms with Crippen LogP contribution in [-0.2, 0) is 0 Å². The Labute approximate surface area is 135 Å². The lowest BCUT2D eigenvalue weighted by atomic mass is 10.2. The highest BCUT2D eigenvalue weighted by atomic mass is 16.5. The predicted octanol–water partition coefficient (Wildman–Crippen LogP) is 1.08. The van der Waals surface area contributed by atoms with E-state index in [9.17, 15) is 14.4 Å². The third-order valence-corrected chi connectivity index (χ3v) is 3.44. The summed E-state index contributed by atoms with van der Waals surface area (Å²) in [6.07, 6.45) is 0. The maximum atomic E-state index is 12.1. The molecule has 3 rings (SSSR count). The Hall–Kier alpha value is -3.48. The van der Waals surface area contributed by atoms with E-state index in [0.29, 0.717) is 11.4 Å². The van der Waals surface area contributed by atoms with Crippen LogP contribution in [0.25, 0.3) is 10.8 Å². The van der Waals surface area contributed by atoms with E-state index in [2.05, 4.69) is 15.8 Å². The molecule has 3 aromatic carbocycles. The Bertz CT molecular complexity index is 1020. The number of urea groups is 1. The van der Waals surface area contributed by atoms with Crippen molar-refractivity contribution in [2.45, 2.75) is 0 Å². The van der Waals surface area contributed by atoms with Crippen LogP contribution in [0.3, 0.4) is 0 Å². The Morgan fingerprint density at radius 3 is 2.29 bits per heavy atom. The fraction of sp³-hybridized carbons (Fsp3) is 0.0588. The minimum atomic E-state index is -0.674. The number of rotatable bonds is 3. The predicted molar refractivity (Wildman–Crippen MR) is 89.6 cm³/mol. The molecule has 0 spiro atoms. The molecule has 3 aromatic rings. The van der Waals surface area contributed by atoms with Crippen LogP contribution in [0.5, 0.6) is 5.75 Å². The molecule has 2 N–H and O–H groups in total.